The van der Waals surface area contributed by atoms with E-state index in [4.69, 9.17) is 4.84 Å². The first kappa shape index (κ1) is 13.4. The molecule has 0 saturated carbocycles. The number of nitrogens with zero attached hydrogens (tertiary/aromatic N) is 1. The van der Waals surface area contributed by atoms with Crippen molar-refractivity contribution < 1.29 is 14.4 Å². The molecule has 102 valence electrons. The lowest BCUT2D eigenvalue weighted by Crippen LogP contribution is -2.44. The number of hydroxylamine groups is 1. The fourth-order valence-electron chi connectivity index (χ4n) is 2.05. The van der Waals surface area contributed by atoms with Gasteiger partial charge < -0.3 is 9.74 Å². The standard InChI is InChI=1S/C14H18N2O3/c17-13(15-19-12-8-4-3-5-9-12)14(18)16-10-6-1-2-7-11-16/h3-5,8-9H,1-2,6-7,10-11H2,(H,15,17). The molecule has 1 saturated heterocycles. The van der Waals surface area contributed by atoms with E-state index in [1.54, 1.807) is 29.2 Å². The number of benzene rings is 1. The van der Waals surface area contributed by atoms with Crippen molar-refractivity contribution in [2.75, 3.05) is 13.1 Å². The first-order valence-electron chi connectivity index (χ1n) is 6.58. The van der Waals surface area contributed by atoms with E-state index >= 15 is 0 Å². The van der Waals surface area contributed by atoms with Crippen LogP contribution in [0.1, 0.15) is 25.7 Å². The molecule has 1 N–H and O–H groups in total. The maximum Gasteiger partial charge on any atom is 0.342 e. The Bertz CT molecular complexity index is 426. The summed E-state index contributed by atoms with van der Waals surface area (Å²) in [5.74, 6) is -0.733. The quantitative estimate of drug-likeness (QED) is 0.649. The van der Waals surface area contributed by atoms with E-state index in [1.807, 2.05) is 6.07 Å². The zero-order chi connectivity index (χ0) is 13.5. The third-order valence-electron chi connectivity index (χ3n) is 3.09. The second kappa shape index (κ2) is 6.78. The van der Waals surface area contributed by atoms with Crippen LogP contribution in [0, 0.1) is 0 Å². The van der Waals surface area contributed by atoms with Crippen molar-refractivity contribution >= 4 is 11.8 Å². The molecule has 1 aliphatic heterocycles. The van der Waals surface area contributed by atoms with Crippen molar-refractivity contribution in [3.8, 4) is 5.75 Å². The van der Waals surface area contributed by atoms with E-state index in [1.165, 1.54) is 0 Å². The predicted octanol–water partition coefficient (Wildman–Crippen LogP) is 1.50. The number of nitrogens with one attached hydrogen (secondary N) is 1. The van der Waals surface area contributed by atoms with E-state index in [9.17, 15) is 9.59 Å². The normalized spacial score (nSPS) is 15.5. The highest BCUT2D eigenvalue weighted by atomic mass is 16.7. The second-order valence-corrected chi connectivity index (χ2v) is 4.55. The highest BCUT2D eigenvalue weighted by Gasteiger charge is 2.22. The molecule has 1 aliphatic rings. The molecule has 2 rings (SSSR count). The summed E-state index contributed by atoms with van der Waals surface area (Å²) in [6, 6.07) is 8.83. The average molecular weight is 262 g/mol. The minimum atomic E-state index is -0.717. The molecular weight excluding hydrogens is 244 g/mol. The summed E-state index contributed by atoms with van der Waals surface area (Å²) in [5, 5.41) is 0. The van der Waals surface area contributed by atoms with E-state index < -0.39 is 11.8 Å². The number of para-hydroxylation sites is 1. The van der Waals surface area contributed by atoms with Crippen molar-refractivity contribution in [3.63, 3.8) is 0 Å². The van der Waals surface area contributed by atoms with Crippen LogP contribution in [0.25, 0.3) is 0 Å². The molecule has 0 aliphatic carbocycles. The van der Waals surface area contributed by atoms with Gasteiger partial charge >= 0.3 is 11.8 Å². The lowest BCUT2D eigenvalue weighted by Gasteiger charge is -2.19. The van der Waals surface area contributed by atoms with Crippen LogP contribution in [0.5, 0.6) is 5.75 Å². The predicted molar refractivity (Wildman–Crippen MR) is 70.3 cm³/mol. The fraction of sp³-hybridized carbons (Fsp3) is 0.429. The summed E-state index contributed by atoms with van der Waals surface area (Å²) in [5.41, 5.74) is 2.19. The second-order valence-electron chi connectivity index (χ2n) is 4.55. The van der Waals surface area contributed by atoms with Gasteiger partial charge in [-0.15, -0.1) is 0 Å². The molecule has 0 spiro atoms. The number of likely N-dealkylation sites (tertiary alicyclic amines) is 1. The van der Waals surface area contributed by atoms with Gasteiger partial charge in [0, 0.05) is 13.1 Å². The van der Waals surface area contributed by atoms with Crippen molar-refractivity contribution in [1.82, 2.24) is 10.4 Å². The first-order valence-corrected chi connectivity index (χ1v) is 6.58. The Kier molecular flexibility index (Phi) is 4.78. The number of rotatable bonds is 2. The van der Waals surface area contributed by atoms with Gasteiger partial charge in [0.2, 0.25) is 0 Å². The van der Waals surface area contributed by atoms with E-state index in [0.717, 1.165) is 25.7 Å². The van der Waals surface area contributed by atoms with Crippen LogP contribution < -0.4 is 10.3 Å². The Balaban J connectivity index is 1.83. The molecule has 2 amide bonds. The van der Waals surface area contributed by atoms with E-state index in [0.29, 0.717) is 18.8 Å². The Labute approximate surface area is 112 Å². The van der Waals surface area contributed by atoms with Crippen LogP contribution in [-0.4, -0.2) is 29.8 Å². The lowest BCUT2D eigenvalue weighted by atomic mass is 10.2. The Morgan fingerprint density at radius 2 is 1.63 bits per heavy atom. The lowest BCUT2D eigenvalue weighted by molar-refractivity contribution is -0.149. The minimum absolute atomic E-state index is 0.500. The summed E-state index contributed by atoms with van der Waals surface area (Å²) in [7, 11) is 0. The van der Waals surface area contributed by atoms with Gasteiger partial charge in [-0.3, -0.25) is 9.59 Å². The Morgan fingerprint density at radius 3 is 2.26 bits per heavy atom. The number of carbonyl (C=O) groups excluding carboxylic acids is 2. The van der Waals surface area contributed by atoms with Crippen molar-refractivity contribution in [1.29, 1.82) is 0 Å². The molecule has 0 bridgehead atoms. The smallest absolute Gasteiger partial charge is 0.342 e. The van der Waals surface area contributed by atoms with Crippen molar-refractivity contribution in [2.24, 2.45) is 0 Å². The van der Waals surface area contributed by atoms with Gasteiger partial charge in [-0.05, 0) is 25.0 Å². The van der Waals surface area contributed by atoms with E-state index in [-0.39, 0.29) is 0 Å². The molecular formula is C14H18N2O3. The third kappa shape index (κ3) is 3.98. The molecule has 1 aromatic rings. The van der Waals surface area contributed by atoms with Crippen LogP contribution in [0.3, 0.4) is 0 Å². The van der Waals surface area contributed by atoms with E-state index in [2.05, 4.69) is 5.48 Å². The van der Waals surface area contributed by atoms with Crippen LogP contribution in [-0.2, 0) is 9.59 Å². The van der Waals surface area contributed by atoms with Crippen LogP contribution in [0.15, 0.2) is 30.3 Å². The molecule has 1 heterocycles. The zero-order valence-electron chi connectivity index (χ0n) is 10.8. The largest absolute Gasteiger partial charge is 0.379 e. The molecule has 0 aromatic heterocycles. The van der Waals surface area contributed by atoms with Gasteiger partial charge in [-0.1, -0.05) is 31.0 Å². The molecule has 5 heteroatoms. The SMILES string of the molecule is O=C(NOc1ccccc1)C(=O)N1CCCCCC1. The molecule has 1 aromatic carbocycles. The molecule has 0 unspecified atom stereocenters. The third-order valence-corrected chi connectivity index (χ3v) is 3.09. The van der Waals surface area contributed by atoms with Gasteiger partial charge in [0.1, 0.15) is 0 Å². The summed E-state index contributed by atoms with van der Waals surface area (Å²) in [6.45, 7) is 1.30. The fourth-order valence-corrected chi connectivity index (χ4v) is 2.05. The number of amides is 2. The van der Waals surface area contributed by atoms with Gasteiger partial charge in [-0.2, -0.15) is 5.48 Å². The molecule has 0 atom stereocenters. The summed E-state index contributed by atoms with van der Waals surface area (Å²) < 4.78 is 0. The highest BCUT2D eigenvalue weighted by molar-refractivity contribution is 6.34. The van der Waals surface area contributed by atoms with Crippen LogP contribution in [0.2, 0.25) is 0 Å². The average Bonchev–Trinajstić information content (AvgIpc) is 2.74. The number of hydrogen-bond donors (Lipinski definition) is 1. The molecule has 19 heavy (non-hydrogen) atoms. The Hall–Kier alpha value is -2.04. The number of hydrogen-bond acceptors (Lipinski definition) is 3. The maximum absolute atomic E-state index is 11.9. The topological polar surface area (TPSA) is 58.6 Å². The van der Waals surface area contributed by atoms with Crippen molar-refractivity contribution in [3.05, 3.63) is 30.3 Å². The van der Waals surface area contributed by atoms with Gasteiger partial charge in [0.15, 0.2) is 5.75 Å². The summed E-state index contributed by atoms with van der Waals surface area (Å²) in [6.07, 6.45) is 4.15. The Morgan fingerprint density at radius 1 is 1.00 bits per heavy atom. The monoisotopic (exact) mass is 262 g/mol. The summed E-state index contributed by atoms with van der Waals surface area (Å²) in [4.78, 5) is 30.3. The molecule has 5 nitrogen and oxygen atoms in total. The van der Waals surface area contributed by atoms with Gasteiger partial charge in [0.25, 0.3) is 0 Å². The molecule has 1 fully saturated rings. The number of carbonyl (C=O) groups is 2. The van der Waals surface area contributed by atoms with Gasteiger partial charge in [-0.25, -0.2) is 0 Å². The molecule has 0 radical (unpaired) electrons. The zero-order valence-corrected chi connectivity index (χ0v) is 10.8. The van der Waals surface area contributed by atoms with Gasteiger partial charge in [0.05, 0.1) is 0 Å². The highest BCUT2D eigenvalue weighted by Crippen LogP contribution is 2.10. The first-order chi connectivity index (χ1) is 9.27. The van der Waals surface area contributed by atoms with Crippen molar-refractivity contribution in [2.45, 2.75) is 25.7 Å². The maximum atomic E-state index is 11.9. The van der Waals surface area contributed by atoms with Crippen LogP contribution in [0.4, 0.5) is 0 Å². The van der Waals surface area contributed by atoms with Crippen LogP contribution >= 0.6 is 0 Å². The summed E-state index contributed by atoms with van der Waals surface area (Å²) >= 11 is 0. The minimum Gasteiger partial charge on any atom is -0.379 e.